The molecule has 0 aliphatic carbocycles. The Labute approximate surface area is 92.4 Å². The van der Waals surface area contributed by atoms with Crippen molar-refractivity contribution in [2.75, 3.05) is 17.9 Å². The van der Waals surface area contributed by atoms with Gasteiger partial charge in [-0.25, -0.2) is 4.79 Å². The summed E-state index contributed by atoms with van der Waals surface area (Å²) in [6.07, 6.45) is 2.26. The van der Waals surface area contributed by atoms with Crippen LogP contribution in [0, 0.1) is 0 Å². The van der Waals surface area contributed by atoms with Gasteiger partial charge in [0.25, 0.3) is 0 Å². The summed E-state index contributed by atoms with van der Waals surface area (Å²) in [5.74, 6) is -1.05. The fourth-order valence-electron chi connectivity index (χ4n) is 0.870. The number of halogens is 1. The number of carboxylic acids is 1. The van der Waals surface area contributed by atoms with Gasteiger partial charge in [-0.3, -0.25) is 4.79 Å². The van der Waals surface area contributed by atoms with E-state index in [0.717, 1.165) is 0 Å². The molecule has 2 N–H and O–H groups in total. The highest BCUT2D eigenvalue weighted by Crippen LogP contribution is 2.13. The quantitative estimate of drug-likeness (QED) is 0.677. The molecule has 0 spiro atoms. The molecule has 0 fully saturated rings. The van der Waals surface area contributed by atoms with E-state index in [-0.39, 0.29) is 5.88 Å². The Kier molecular flexibility index (Phi) is 5.95. The van der Waals surface area contributed by atoms with Crippen molar-refractivity contribution in [1.82, 2.24) is 5.32 Å². The second-order valence-electron chi connectivity index (χ2n) is 3.06. The Balaban J connectivity index is 4.39. The average molecular weight is 240 g/mol. The molecular formula is C8H14ClNO3S. The van der Waals surface area contributed by atoms with Crippen LogP contribution in [0.25, 0.3) is 0 Å². The molecule has 4 nitrogen and oxygen atoms in total. The molecule has 0 rings (SSSR count). The minimum Gasteiger partial charge on any atom is -0.480 e. The average Bonchev–Trinajstić information content (AvgIpc) is 2.14. The van der Waals surface area contributed by atoms with E-state index in [1.54, 1.807) is 0 Å². The summed E-state index contributed by atoms with van der Waals surface area (Å²) in [6.45, 7) is 1.48. The van der Waals surface area contributed by atoms with Crippen molar-refractivity contribution in [1.29, 1.82) is 0 Å². The zero-order valence-corrected chi connectivity index (χ0v) is 9.74. The van der Waals surface area contributed by atoms with Gasteiger partial charge >= 0.3 is 5.97 Å². The SMILES string of the molecule is CSCC[C@@](C)(NC(=O)CCl)C(=O)O. The standard InChI is InChI=1S/C8H14ClNO3S/c1-8(7(12)13,3-4-14-2)10-6(11)5-9/h3-5H2,1-2H3,(H,10,11)(H,12,13)/t8-/m1/s1. The van der Waals surface area contributed by atoms with E-state index < -0.39 is 17.4 Å². The minimum absolute atomic E-state index is 0.220. The Bertz CT molecular complexity index is 225. The fraction of sp³-hybridized carbons (Fsp3) is 0.750. The molecule has 0 heterocycles. The molecule has 0 bridgehead atoms. The maximum Gasteiger partial charge on any atom is 0.329 e. The first kappa shape index (κ1) is 13.6. The number of aliphatic carboxylic acids is 1. The lowest BCUT2D eigenvalue weighted by molar-refractivity contribution is -0.146. The van der Waals surface area contributed by atoms with Crippen LogP contribution < -0.4 is 5.32 Å². The smallest absolute Gasteiger partial charge is 0.329 e. The van der Waals surface area contributed by atoms with Crippen molar-refractivity contribution >= 4 is 35.2 Å². The van der Waals surface area contributed by atoms with Gasteiger partial charge in [-0.2, -0.15) is 11.8 Å². The molecule has 0 aromatic carbocycles. The molecule has 1 amide bonds. The topological polar surface area (TPSA) is 66.4 Å². The van der Waals surface area contributed by atoms with Gasteiger partial charge in [-0.1, -0.05) is 0 Å². The van der Waals surface area contributed by atoms with E-state index >= 15 is 0 Å². The molecule has 82 valence electrons. The lowest BCUT2D eigenvalue weighted by Crippen LogP contribution is -2.53. The van der Waals surface area contributed by atoms with E-state index in [1.807, 2.05) is 6.26 Å². The molecule has 0 radical (unpaired) electrons. The number of carbonyl (C=O) groups excluding carboxylic acids is 1. The summed E-state index contributed by atoms with van der Waals surface area (Å²) in [7, 11) is 0. The van der Waals surface area contributed by atoms with Crippen LogP contribution in [0.15, 0.2) is 0 Å². The summed E-state index contributed by atoms with van der Waals surface area (Å²) in [4.78, 5) is 21.9. The Hall–Kier alpha value is -0.420. The second-order valence-corrected chi connectivity index (χ2v) is 4.31. The molecule has 0 aliphatic rings. The predicted octanol–water partition coefficient (Wildman–Crippen LogP) is 0.938. The number of alkyl halides is 1. The maximum absolute atomic E-state index is 11.0. The van der Waals surface area contributed by atoms with Gasteiger partial charge in [-0.15, -0.1) is 11.6 Å². The van der Waals surface area contributed by atoms with Crippen molar-refractivity contribution in [3.05, 3.63) is 0 Å². The van der Waals surface area contributed by atoms with Gasteiger partial charge in [0.1, 0.15) is 11.4 Å². The molecule has 1 atom stereocenters. The molecule has 0 aromatic rings. The zero-order chi connectivity index (χ0) is 11.2. The Morgan fingerprint density at radius 1 is 1.57 bits per heavy atom. The summed E-state index contributed by atoms with van der Waals surface area (Å²) in [5, 5.41) is 11.3. The molecule has 6 heteroatoms. The molecule has 0 unspecified atom stereocenters. The van der Waals surface area contributed by atoms with Crippen LogP contribution in [0.4, 0.5) is 0 Å². The number of rotatable bonds is 6. The first-order valence-corrected chi connectivity index (χ1v) is 5.98. The van der Waals surface area contributed by atoms with Gasteiger partial charge in [0.15, 0.2) is 0 Å². The Morgan fingerprint density at radius 3 is 2.50 bits per heavy atom. The number of carboxylic acid groups (broad SMARTS) is 1. The Morgan fingerprint density at radius 2 is 2.14 bits per heavy atom. The monoisotopic (exact) mass is 239 g/mol. The zero-order valence-electron chi connectivity index (χ0n) is 8.17. The number of thioether (sulfide) groups is 1. The van der Waals surface area contributed by atoms with E-state index in [0.29, 0.717) is 12.2 Å². The van der Waals surface area contributed by atoms with Crippen LogP contribution in [0.3, 0.4) is 0 Å². The summed E-state index contributed by atoms with van der Waals surface area (Å²) in [6, 6.07) is 0. The first-order valence-electron chi connectivity index (χ1n) is 4.05. The van der Waals surface area contributed by atoms with Gasteiger partial charge in [-0.05, 0) is 25.4 Å². The lowest BCUT2D eigenvalue weighted by atomic mass is 9.99. The minimum atomic E-state index is -1.21. The molecule has 0 aromatic heterocycles. The largest absolute Gasteiger partial charge is 0.480 e. The van der Waals surface area contributed by atoms with Crippen molar-refractivity contribution in [3.63, 3.8) is 0 Å². The van der Waals surface area contributed by atoms with Gasteiger partial charge in [0.2, 0.25) is 5.91 Å². The van der Waals surface area contributed by atoms with E-state index in [4.69, 9.17) is 16.7 Å². The van der Waals surface area contributed by atoms with E-state index in [9.17, 15) is 9.59 Å². The summed E-state index contributed by atoms with van der Waals surface area (Å²) < 4.78 is 0. The summed E-state index contributed by atoms with van der Waals surface area (Å²) in [5.41, 5.74) is -1.21. The van der Waals surface area contributed by atoms with E-state index in [2.05, 4.69) is 5.32 Å². The van der Waals surface area contributed by atoms with Crippen molar-refractivity contribution < 1.29 is 14.7 Å². The third-order valence-electron chi connectivity index (χ3n) is 1.81. The lowest BCUT2D eigenvalue weighted by Gasteiger charge is -2.25. The van der Waals surface area contributed by atoms with Crippen molar-refractivity contribution in [3.8, 4) is 0 Å². The maximum atomic E-state index is 11.0. The van der Waals surface area contributed by atoms with Crippen LogP contribution in [-0.4, -0.2) is 40.4 Å². The fourth-order valence-corrected chi connectivity index (χ4v) is 1.55. The van der Waals surface area contributed by atoms with Crippen LogP contribution in [0.5, 0.6) is 0 Å². The van der Waals surface area contributed by atoms with Gasteiger partial charge in [0.05, 0.1) is 0 Å². The molecular weight excluding hydrogens is 226 g/mol. The van der Waals surface area contributed by atoms with Crippen LogP contribution in [-0.2, 0) is 9.59 Å². The van der Waals surface area contributed by atoms with Crippen LogP contribution in [0.2, 0.25) is 0 Å². The number of hydrogen-bond acceptors (Lipinski definition) is 3. The highest BCUT2D eigenvalue weighted by molar-refractivity contribution is 7.98. The van der Waals surface area contributed by atoms with Crippen molar-refractivity contribution in [2.45, 2.75) is 18.9 Å². The third-order valence-corrected chi connectivity index (χ3v) is 2.67. The number of nitrogens with one attached hydrogen (secondary N) is 1. The number of carbonyl (C=O) groups is 2. The molecule has 0 saturated heterocycles. The molecule has 0 aliphatic heterocycles. The highest BCUT2D eigenvalue weighted by Gasteiger charge is 2.33. The third kappa shape index (κ3) is 4.19. The predicted molar refractivity (Wildman–Crippen MR) is 57.9 cm³/mol. The second kappa shape index (κ2) is 6.14. The molecule has 0 saturated carbocycles. The highest BCUT2D eigenvalue weighted by atomic mass is 35.5. The first-order chi connectivity index (χ1) is 6.46. The summed E-state index contributed by atoms with van der Waals surface area (Å²) >= 11 is 6.82. The normalized spacial score (nSPS) is 14.5. The van der Waals surface area contributed by atoms with Crippen LogP contribution >= 0.6 is 23.4 Å². The van der Waals surface area contributed by atoms with Gasteiger partial charge in [0, 0.05) is 0 Å². The van der Waals surface area contributed by atoms with Crippen molar-refractivity contribution in [2.24, 2.45) is 0 Å². The van der Waals surface area contributed by atoms with Crippen LogP contribution in [0.1, 0.15) is 13.3 Å². The number of amides is 1. The number of hydrogen-bond donors (Lipinski definition) is 2. The van der Waals surface area contributed by atoms with E-state index in [1.165, 1.54) is 18.7 Å². The molecule has 14 heavy (non-hydrogen) atoms. The van der Waals surface area contributed by atoms with Gasteiger partial charge < -0.3 is 10.4 Å².